The molecule has 0 radical (unpaired) electrons. The van der Waals surface area contributed by atoms with Crippen molar-refractivity contribution in [2.24, 2.45) is 0 Å². The SMILES string of the molecule is [2H]C(C)(C)c1ccc(-n2c(-c3cc(C)cc(C(C)(C)C)c3O)nc3c(-c4[c-]c(-c5cc(-c6ccc(-c7ccccc7)cc6)ccn5)cc(-c5ccccc5)c4)cccc32)c(-c2ccccc2)c1.[Pt]. The Bertz CT molecular complexity index is 3420. The summed E-state index contributed by atoms with van der Waals surface area (Å²) in [4.78, 5) is 10.5. The maximum absolute atomic E-state index is 12.3. The van der Waals surface area contributed by atoms with Gasteiger partial charge in [0, 0.05) is 45.5 Å². The second kappa shape index (κ2) is 18.6. The summed E-state index contributed by atoms with van der Waals surface area (Å²) in [5, 5.41) is 12.3. The van der Waals surface area contributed by atoms with Gasteiger partial charge in [-0.2, -0.15) is 0 Å². The Morgan fingerprint density at radius 2 is 1.16 bits per heavy atom. The number of para-hydroxylation sites is 1. The maximum Gasteiger partial charge on any atom is 0.148 e. The van der Waals surface area contributed by atoms with Gasteiger partial charge in [0.15, 0.2) is 0 Å². The molecule has 67 heavy (non-hydrogen) atoms. The Hall–Kier alpha value is -7.13. The molecule has 10 aromatic rings. The molecule has 4 nitrogen and oxygen atoms in total. The number of phenolic OH excluding ortho intramolecular Hbond substituents is 1. The van der Waals surface area contributed by atoms with Gasteiger partial charge < -0.3 is 5.11 Å². The first-order valence-electron chi connectivity index (χ1n) is 23.1. The fourth-order valence-electron chi connectivity index (χ4n) is 9.05. The fourth-order valence-corrected chi connectivity index (χ4v) is 9.05. The summed E-state index contributed by atoms with van der Waals surface area (Å²) in [5.41, 5.74) is 17.7. The third-order valence-corrected chi connectivity index (χ3v) is 12.5. The van der Waals surface area contributed by atoms with Crippen LogP contribution in [0.1, 0.15) is 58.6 Å². The van der Waals surface area contributed by atoms with Crippen molar-refractivity contribution in [1.29, 1.82) is 0 Å². The van der Waals surface area contributed by atoms with E-state index in [9.17, 15) is 5.11 Å². The number of fused-ring (bicyclic) bond motifs is 1. The monoisotopic (exact) mass is 1050 g/mol. The van der Waals surface area contributed by atoms with E-state index < -0.39 is 5.89 Å². The summed E-state index contributed by atoms with van der Waals surface area (Å²) in [6, 6.07) is 69.0. The van der Waals surface area contributed by atoms with Crippen LogP contribution in [-0.4, -0.2) is 19.6 Å². The van der Waals surface area contributed by atoms with Crippen molar-refractivity contribution in [3.05, 3.63) is 217 Å². The standard InChI is InChI=1S/C62H52N3O.Pt/c1-40(2)47-29-30-57(53(38-47)46-21-14-9-15-22-46)65-58-24-16-23-52(59(58)64-61(65)54-33-41(3)34-55(60(54)66)62(4,5)6)50-35-49(43-19-12-8-13-20-43)36-51(37-50)56-39-48(31-32-63-56)45-27-25-44(26-28-45)42-17-10-7-11-18-42;/h7-36,38-40,66H,1-6H3;/q-1;/i40D;. The molecule has 2 heterocycles. The van der Waals surface area contributed by atoms with Crippen LogP contribution in [0, 0.1) is 13.0 Å². The van der Waals surface area contributed by atoms with Gasteiger partial charge in [-0.15, -0.1) is 23.8 Å². The number of aryl methyl sites for hydroxylation is 1. The number of imidazole rings is 1. The summed E-state index contributed by atoms with van der Waals surface area (Å²) < 4.78 is 11.2. The van der Waals surface area contributed by atoms with E-state index in [0.29, 0.717) is 11.4 Å². The van der Waals surface area contributed by atoms with Gasteiger partial charge in [0.2, 0.25) is 0 Å². The molecule has 8 aromatic carbocycles. The number of nitrogens with zero attached hydrogens (tertiary/aromatic N) is 3. The minimum absolute atomic E-state index is 0. The Morgan fingerprint density at radius 3 is 1.81 bits per heavy atom. The van der Waals surface area contributed by atoms with Gasteiger partial charge in [0.25, 0.3) is 0 Å². The van der Waals surface area contributed by atoms with Crippen LogP contribution in [0.5, 0.6) is 5.75 Å². The van der Waals surface area contributed by atoms with Crippen molar-refractivity contribution in [2.75, 3.05) is 0 Å². The van der Waals surface area contributed by atoms with E-state index in [2.05, 4.69) is 184 Å². The minimum Gasteiger partial charge on any atom is -0.507 e. The maximum atomic E-state index is 12.3. The molecule has 0 bridgehead atoms. The molecule has 1 N–H and O–H groups in total. The van der Waals surface area contributed by atoms with Gasteiger partial charge >= 0.3 is 0 Å². The van der Waals surface area contributed by atoms with Crippen molar-refractivity contribution in [3.63, 3.8) is 0 Å². The molecule has 0 aliphatic rings. The summed E-state index contributed by atoms with van der Waals surface area (Å²) >= 11 is 0. The number of pyridine rings is 1. The van der Waals surface area contributed by atoms with Gasteiger partial charge in [-0.25, -0.2) is 4.98 Å². The molecule has 0 spiro atoms. The van der Waals surface area contributed by atoms with Gasteiger partial charge in [0.1, 0.15) is 11.6 Å². The second-order valence-electron chi connectivity index (χ2n) is 18.4. The second-order valence-corrected chi connectivity index (χ2v) is 18.4. The molecule has 0 unspecified atom stereocenters. The Kier molecular flexibility index (Phi) is 12.2. The minimum atomic E-state index is -0.829. The topological polar surface area (TPSA) is 50.9 Å². The van der Waals surface area contributed by atoms with Crippen LogP contribution in [-0.2, 0) is 26.5 Å². The number of phenols is 1. The smallest absolute Gasteiger partial charge is 0.148 e. The molecule has 2 aromatic heterocycles. The number of hydrogen-bond acceptors (Lipinski definition) is 3. The normalized spacial score (nSPS) is 11.9. The number of hydrogen-bond donors (Lipinski definition) is 1. The van der Waals surface area contributed by atoms with Crippen LogP contribution in [0.4, 0.5) is 0 Å². The number of rotatable bonds is 9. The zero-order valence-electron chi connectivity index (χ0n) is 39.6. The van der Waals surface area contributed by atoms with Crippen LogP contribution >= 0.6 is 0 Å². The average Bonchev–Trinajstić information content (AvgIpc) is 3.74. The molecule has 332 valence electrons. The first-order valence-corrected chi connectivity index (χ1v) is 22.6. The van der Waals surface area contributed by atoms with Gasteiger partial charge in [-0.1, -0.05) is 197 Å². The molecule has 0 atom stereocenters. The average molecular weight is 1050 g/mol. The largest absolute Gasteiger partial charge is 0.507 e. The zero-order chi connectivity index (χ0) is 46.5. The number of aromatic hydroxyl groups is 1. The van der Waals surface area contributed by atoms with Crippen molar-refractivity contribution < 1.29 is 27.5 Å². The molecule has 0 saturated heterocycles. The molecule has 0 aliphatic carbocycles. The van der Waals surface area contributed by atoms with Crippen LogP contribution in [0.25, 0.3) is 95.0 Å². The predicted molar refractivity (Wildman–Crippen MR) is 275 cm³/mol. The third kappa shape index (κ3) is 8.95. The van der Waals surface area contributed by atoms with E-state index in [1.165, 1.54) is 11.1 Å². The van der Waals surface area contributed by atoms with E-state index >= 15 is 0 Å². The van der Waals surface area contributed by atoms with Crippen LogP contribution in [0.3, 0.4) is 0 Å². The molecule has 0 saturated carbocycles. The first kappa shape index (κ1) is 43.7. The van der Waals surface area contributed by atoms with E-state index in [-0.39, 0.29) is 32.2 Å². The molecule has 0 amide bonds. The number of aromatic nitrogens is 3. The van der Waals surface area contributed by atoms with Crippen LogP contribution in [0.2, 0.25) is 0 Å². The van der Waals surface area contributed by atoms with E-state index in [0.717, 1.165) is 89.2 Å². The molecular weight excluding hydrogens is 998 g/mol. The van der Waals surface area contributed by atoms with Gasteiger partial charge in [-0.05, 0) is 93.1 Å². The van der Waals surface area contributed by atoms with E-state index in [4.69, 9.17) is 11.3 Å². The Labute approximate surface area is 410 Å². The van der Waals surface area contributed by atoms with E-state index in [1.807, 2.05) is 62.5 Å². The van der Waals surface area contributed by atoms with Gasteiger partial charge in [0.05, 0.1) is 22.3 Å². The summed E-state index contributed by atoms with van der Waals surface area (Å²) in [6.45, 7) is 12.3. The van der Waals surface area contributed by atoms with Crippen molar-refractivity contribution in [1.82, 2.24) is 14.5 Å². The quantitative estimate of drug-likeness (QED) is 0.147. The third-order valence-electron chi connectivity index (χ3n) is 12.5. The summed E-state index contributed by atoms with van der Waals surface area (Å²) in [6.07, 6.45) is 1.88. The van der Waals surface area contributed by atoms with Crippen LogP contribution in [0.15, 0.2) is 194 Å². The van der Waals surface area contributed by atoms with E-state index in [1.54, 1.807) is 0 Å². The molecular formula is C62H52N3OPt-. The molecule has 10 rings (SSSR count). The Balaban J connectivity index is 0.00000578. The molecule has 0 fully saturated rings. The summed E-state index contributed by atoms with van der Waals surface area (Å²) in [7, 11) is 0. The fraction of sp³-hybridized carbons (Fsp3) is 0.129. The van der Waals surface area contributed by atoms with Gasteiger partial charge in [-0.3, -0.25) is 9.55 Å². The zero-order valence-corrected chi connectivity index (χ0v) is 40.9. The summed E-state index contributed by atoms with van der Waals surface area (Å²) in [5.74, 6) is 0.00253. The predicted octanol–water partition coefficient (Wildman–Crippen LogP) is 16.3. The van der Waals surface area contributed by atoms with Crippen LogP contribution < -0.4 is 0 Å². The van der Waals surface area contributed by atoms with Crippen molar-refractivity contribution >= 4 is 11.0 Å². The molecule has 0 aliphatic heterocycles. The number of benzene rings is 8. The first-order chi connectivity index (χ1) is 32.3. The Morgan fingerprint density at radius 1 is 0.567 bits per heavy atom. The van der Waals surface area contributed by atoms with Crippen molar-refractivity contribution in [3.8, 4) is 89.7 Å². The van der Waals surface area contributed by atoms with Crippen molar-refractivity contribution in [2.45, 2.75) is 52.9 Å². The molecule has 5 heteroatoms.